The maximum atomic E-state index is 13.5. The van der Waals surface area contributed by atoms with E-state index in [4.69, 9.17) is 0 Å². The molecule has 0 spiro atoms. The number of aromatic nitrogens is 3. The first-order valence-electron chi connectivity index (χ1n) is 11.5. The number of rotatable bonds is 6. The third-order valence-electron chi connectivity index (χ3n) is 6.02. The SMILES string of the molecule is O=C(Nc1ccc(-c2nc(-c3cccc(F)c3)n[nH]2)cc1)c1cccc(CN2CCS(=O)(=O)CC2)c1. The highest BCUT2D eigenvalue weighted by Crippen LogP contribution is 2.22. The minimum Gasteiger partial charge on any atom is -0.322 e. The highest BCUT2D eigenvalue weighted by atomic mass is 32.2. The fourth-order valence-electron chi connectivity index (χ4n) is 4.04. The van der Waals surface area contributed by atoms with Crippen LogP contribution in [0.1, 0.15) is 15.9 Å². The van der Waals surface area contributed by atoms with Crippen molar-refractivity contribution in [2.45, 2.75) is 6.54 Å². The van der Waals surface area contributed by atoms with Gasteiger partial charge in [0.2, 0.25) is 0 Å². The van der Waals surface area contributed by atoms with Gasteiger partial charge in [-0.15, -0.1) is 0 Å². The lowest BCUT2D eigenvalue weighted by atomic mass is 10.1. The van der Waals surface area contributed by atoms with Crippen molar-refractivity contribution in [1.82, 2.24) is 20.1 Å². The van der Waals surface area contributed by atoms with Gasteiger partial charge in [-0.1, -0.05) is 24.3 Å². The van der Waals surface area contributed by atoms with E-state index in [1.807, 2.05) is 30.3 Å². The van der Waals surface area contributed by atoms with Gasteiger partial charge in [0.1, 0.15) is 5.82 Å². The van der Waals surface area contributed by atoms with E-state index in [2.05, 4.69) is 25.4 Å². The summed E-state index contributed by atoms with van der Waals surface area (Å²) in [7, 11) is -2.93. The Morgan fingerprint density at radius 1 is 0.972 bits per heavy atom. The van der Waals surface area contributed by atoms with E-state index in [1.54, 1.807) is 30.3 Å². The van der Waals surface area contributed by atoms with Gasteiger partial charge in [0.25, 0.3) is 5.91 Å². The normalized spacial score (nSPS) is 15.5. The summed E-state index contributed by atoms with van der Waals surface area (Å²) in [6.45, 7) is 1.60. The predicted molar refractivity (Wildman–Crippen MR) is 136 cm³/mol. The maximum absolute atomic E-state index is 13.5. The van der Waals surface area contributed by atoms with Gasteiger partial charge in [0.15, 0.2) is 21.5 Å². The Morgan fingerprint density at radius 3 is 2.47 bits per heavy atom. The van der Waals surface area contributed by atoms with Gasteiger partial charge < -0.3 is 5.32 Å². The van der Waals surface area contributed by atoms with Gasteiger partial charge in [-0.2, -0.15) is 5.10 Å². The number of carbonyl (C=O) groups excluding carboxylic acids is 1. The molecule has 36 heavy (non-hydrogen) atoms. The van der Waals surface area contributed by atoms with Gasteiger partial charge in [-0.05, 0) is 54.1 Å². The number of aromatic amines is 1. The molecule has 4 aromatic rings. The van der Waals surface area contributed by atoms with Crippen molar-refractivity contribution in [3.05, 3.63) is 89.7 Å². The highest BCUT2D eigenvalue weighted by Gasteiger charge is 2.21. The van der Waals surface area contributed by atoms with Crippen molar-refractivity contribution < 1.29 is 17.6 Å². The number of H-pyrrole nitrogens is 1. The van der Waals surface area contributed by atoms with Gasteiger partial charge in [-0.3, -0.25) is 14.8 Å². The second-order valence-electron chi connectivity index (χ2n) is 8.68. The maximum Gasteiger partial charge on any atom is 0.255 e. The molecule has 0 bridgehead atoms. The molecule has 3 aromatic carbocycles. The van der Waals surface area contributed by atoms with E-state index in [9.17, 15) is 17.6 Å². The van der Waals surface area contributed by atoms with Crippen LogP contribution in [-0.2, 0) is 16.4 Å². The van der Waals surface area contributed by atoms with E-state index in [-0.39, 0.29) is 23.2 Å². The van der Waals surface area contributed by atoms with Crippen molar-refractivity contribution in [2.75, 3.05) is 29.9 Å². The average Bonchev–Trinajstić information content (AvgIpc) is 3.37. The first-order chi connectivity index (χ1) is 17.3. The van der Waals surface area contributed by atoms with E-state index in [1.165, 1.54) is 12.1 Å². The zero-order chi connectivity index (χ0) is 25.1. The average molecular weight is 506 g/mol. The lowest BCUT2D eigenvalue weighted by molar-refractivity contribution is 0.102. The summed E-state index contributed by atoms with van der Waals surface area (Å²) in [5.41, 5.74) is 3.45. The summed E-state index contributed by atoms with van der Waals surface area (Å²) in [4.78, 5) is 19.3. The smallest absolute Gasteiger partial charge is 0.255 e. The molecule has 10 heteroatoms. The Bertz CT molecular complexity index is 1490. The molecular weight excluding hydrogens is 481 g/mol. The van der Waals surface area contributed by atoms with E-state index < -0.39 is 9.84 Å². The quantitative estimate of drug-likeness (QED) is 0.413. The molecule has 1 aromatic heterocycles. The summed E-state index contributed by atoms with van der Waals surface area (Å²) in [5.74, 6) is 0.677. The first kappa shape index (κ1) is 23.8. The minimum absolute atomic E-state index is 0.170. The Hall–Kier alpha value is -3.89. The number of benzene rings is 3. The topological polar surface area (TPSA) is 108 Å². The van der Waals surface area contributed by atoms with Crippen molar-refractivity contribution >= 4 is 21.4 Å². The van der Waals surface area contributed by atoms with Gasteiger partial charge >= 0.3 is 0 Å². The lowest BCUT2D eigenvalue weighted by Crippen LogP contribution is -2.39. The Kier molecular flexibility index (Phi) is 6.62. The van der Waals surface area contributed by atoms with Crippen LogP contribution in [0.15, 0.2) is 72.8 Å². The minimum atomic E-state index is -2.93. The van der Waals surface area contributed by atoms with Crippen molar-refractivity contribution in [3.63, 3.8) is 0 Å². The summed E-state index contributed by atoms with van der Waals surface area (Å²) in [5, 5.41) is 9.92. The van der Waals surface area contributed by atoms with E-state index >= 15 is 0 Å². The molecule has 2 heterocycles. The Balaban J connectivity index is 1.22. The van der Waals surface area contributed by atoms with Crippen LogP contribution in [0.5, 0.6) is 0 Å². The number of anilines is 1. The monoisotopic (exact) mass is 505 g/mol. The zero-order valence-electron chi connectivity index (χ0n) is 19.3. The highest BCUT2D eigenvalue weighted by molar-refractivity contribution is 7.91. The number of amides is 1. The zero-order valence-corrected chi connectivity index (χ0v) is 20.1. The van der Waals surface area contributed by atoms with Crippen LogP contribution in [0.25, 0.3) is 22.8 Å². The van der Waals surface area contributed by atoms with Crippen molar-refractivity contribution in [1.29, 1.82) is 0 Å². The van der Waals surface area contributed by atoms with Crippen LogP contribution >= 0.6 is 0 Å². The summed E-state index contributed by atoms with van der Waals surface area (Å²) < 4.78 is 36.8. The number of nitrogens with zero attached hydrogens (tertiary/aromatic N) is 3. The molecular formula is C26H24FN5O3S. The van der Waals surface area contributed by atoms with Crippen LogP contribution in [0.3, 0.4) is 0 Å². The second-order valence-corrected chi connectivity index (χ2v) is 11.0. The number of sulfone groups is 1. The predicted octanol–water partition coefficient (Wildman–Crippen LogP) is 3.76. The third-order valence-corrected chi connectivity index (χ3v) is 7.63. The van der Waals surface area contributed by atoms with Crippen molar-refractivity contribution in [3.8, 4) is 22.8 Å². The molecule has 1 fully saturated rings. The molecule has 1 aliphatic heterocycles. The van der Waals surface area contributed by atoms with E-state index in [0.29, 0.717) is 48.1 Å². The van der Waals surface area contributed by atoms with Gasteiger partial charge in [0, 0.05) is 42.0 Å². The molecule has 0 atom stereocenters. The second kappa shape index (κ2) is 10.00. The Morgan fingerprint density at radius 2 is 1.72 bits per heavy atom. The Labute approximate surface area is 208 Å². The van der Waals surface area contributed by atoms with Gasteiger partial charge in [0.05, 0.1) is 11.5 Å². The largest absolute Gasteiger partial charge is 0.322 e. The van der Waals surface area contributed by atoms with Crippen molar-refractivity contribution in [2.24, 2.45) is 0 Å². The fraction of sp³-hybridized carbons (Fsp3) is 0.192. The number of nitrogens with one attached hydrogen (secondary N) is 2. The summed E-state index contributed by atoms with van der Waals surface area (Å²) >= 11 is 0. The van der Waals surface area contributed by atoms with E-state index in [0.717, 1.165) is 11.1 Å². The number of hydrogen-bond donors (Lipinski definition) is 2. The molecule has 0 aliphatic carbocycles. The number of halogens is 1. The molecule has 0 unspecified atom stereocenters. The molecule has 2 N–H and O–H groups in total. The fourth-order valence-corrected chi connectivity index (χ4v) is 5.32. The molecule has 1 aliphatic rings. The first-order valence-corrected chi connectivity index (χ1v) is 13.3. The molecule has 1 saturated heterocycles. The number of carbonyl (C=O) groups is 1. The lowest BCUT2D eigenvalue weighted by Gasteiger charge is -2.26. The summed E-state index contributed by atoms with van der Waals surface area (Å²) in [6, 6.07) is 20.6. The molecule has 184 valence electrons. The third kappa shape index (κ3) is 5.67. The standard InChI is InChI=1S/C26H24FN5O3S/c27-22-6-2-4-20(16-22)25-29-24(30-31-25)19-7-9-23(10-8-19)28-26(33)21-5-1-3-18(15-21)17-32-11-13-36(34,35)14-12-32/h1-10,15-16H,11-14,17H2,(H,28,33)(H,29,30,31). The number of hydrogen-bond acceptors (Lipinski definition) is 6. The van der Waals surface area contributed by atoms with Crippen LogP contribution in [0.2, 0.25) is 0 Å². The van der Waals surface area contributed by atoms with Crippen LogP contribution < -0.4 is 5.32 Å². The molecule has 0 radical (unpaired) electrons. The molecule has 0 saturated carbocycles. The molecule has 8 nitrogen and oxygen atoms in total. The van der Waals surface area contributed by atoms with Crippen LogP contribution in [-0.4, -0.2) is 59.0 Å². The van der Waals surface area contributed by atoms with Crippen LogP contribution in [0, 0.1) is 5.82 Å². The van der Waals surface area contributed by atoms with Crippen LogP contribution in [0.4, 0.5) is 10.1 Å². The summed E-state index contributed by atoms with van der Waals surface area (Å²) in [6.07, 6.45) is 0. The molecule has 1 amide bonds. The molecule has 5 rings (SSSR count). The van der Waals surface area contributed by atoms with Gasteiger partial charge in [-0.25, -0.2) is 17.8 Å².